The molecular weight excluding hydrogens is 248 g/mol. The Balaban J connectivity index is 1.69. The molecule has 1 fully saturated rings. The van der Waals surface area contributed by atoms with Crippen LogP contribution in [0, 0.1) is 6.92 Å². The highest BCUT2D eigenvalue weighted by molar-refractivity contribution is 5.78. The van der Waals surface area contributed by atoms with Gasteiger partial charge in [-0.1, -0.05) is 49.9 Å². The van der Waals surface area contributed by atoms with Crippen molar-refractivity contribution in [1.82, 2.24) is 10.6 Å². The van der Waals surface area contributed by atoms with Crippen molar-refractivity contribution in [3.8, 4) is 0 Å². The van der Waals surface area contributed by atoms with Crippen LogP contribution in [0.3, 0.4) is 0 Å². The van der Waals surface area contributed by atoms with Gasteiger partial charge in [0.1, 0.15) is 0 Å². The van der Waals surface area contributed by atoms with E-state index in [2.05, 4.69) is 29.7 Å². The van der Waals surface area contributed by atoms with E-state index < -0.39 is 0 Å². The Hall–Kier alpha value is -1.35. The van der Waals surface area contributed by atoms with E-state index in [-0.39, 0.29) is 5.91 Å². The molecule has 0 saturated heterocycles. The van der Waals surface area contributed by atoms with Crippen LogP contribution in [-0.2, 0) is 11.3 Å². The SMILES string of the molecule is Cc1ccccc1CNC(=O)CNC1CCCCCC1. The topological polar surface area (TPSA) is 41.1 Å². The third-order valence-electron chi connectivity index (χ3n) is 4.14. The lowest BCUT2D eigenvalue weighted by Gasteiger charge is -2.16. The lowest BCUT2D eigenvalue weighted by Crippen LogP contribution is -2.38. The fraction of sp³-hybridized carbons (Fsp3) is 0.588. The molecule has 0 heterocycles. The Bertz CT molecular complexity index is 423. The summed E-state index contributed by atoms with van der Waals surface area (Å²) in [7, 11) is 0. The highest BCUT2D eigenvalue weighted by Crippen LogP contribution is 2.16. The summed E-state index contributed by atoms with van der Waals surface area (Å²) in [5, 5.41) is 6.39. The van der Waals surface area contributed by atoms with Gasteiger partial charge in [-0.2, -0.15) is 0 Å². The maximum absolute atomic E-state index is 11.9. The molecule has 1 aliphatic carbocycles. The fourth-order valence-corrected chi connectivity index (χ4v) is 2.79. The highest BCUT2D eigenvalue weighted by atomic mass is 16.1. The molecule has 0 aliphatic heterocycles. The van der Waals surface area contributed by atoms with Gasteiger partial charge in [-0.15, -0.1) is 0 Å². The highest BCUT2D eigenvalue weighted by Gasteiger charge is 2.12. The van der Waals surface area contributed by atoms with Crippen LogP contribution in [-0.4, -0.2) is 18.5 Å². The van der Waals surface area contributed by atoms with Crippen LogP contribution in [0.15, 0.2) is 24.3 Å². The van der Waals surface area contributed by atoms with Crippen LogP contribution in [0.25, 0.3) is 0 Å². The molecule has 1 aromatic rings. The number of carbonyl (C=O) groups is 1. The zero-order chi connectivity index (χ0) is 14.2. The molecule has 2 rings (SSSR count). The van der Waals surface area contributed by atoms with Crippen molar-refractivity contribution in [3.05, 3.63) is 35.4 Å². The predicted molar refractivity (Wildman–Crippen MR) is 82.5 cm³/mol. The van der Waals surface area contributed by atoms with Gasteiger partial charge < -0.3 is 10.6 Å². The van der Waals surface area contributed by atoms with Gasteiger partial charge in [0.05, 0.1) is 6.54 Å². The first-order valence-electron chi connectivity index (χ1n) is 7.80. The molecule has 0 atom stereocenters. The van der Waals surface area contributed by atoms with Gasteiger partial charge in [0.15, 0.2) is 0 Å². The molecule has 1 amide bonds. The molecular formula is C17H26N2O. The summed E-state index contributed by atoms with van der Waals surface area (Å²) in [6, 6.07) is 8.70. The first kappa shape index (κ1) is 15.0. The molecule has 2 N–H and O–H groups in total. The summed E-state index contributed by atoms with van der Waals surface area (Å²) in [6.07, 6.45) is 7.70. The van der Waals surface area contributed by atoms with Gasteiger partial charge in [0.2, 0.25) is 5.91 Å². The molecule has 3 heteroatoms. The monoisotopic (exact) mass is 274 g/mol. The Morgan fingerprint density at radius 2 is 1.85 bits per heavy atom. The molecule has 110 valence electrons. The molecule has 1 saturated carbocycles. The van der Waals surface area contributed by atoms with Crippen LogP contribution in [0.1, 0.15) is 49.7 Å². The van der Waals surface area contributed by atoms with Crippen molar-refractivity contribution < 1.29 is 4.79 Å². The average Bonchev–Trinajstić information content (AvgIpc) is 2.73. The third kappa shape index (κ3) is 4.97. The van der Waals surface area contributed by atoms with Crippen molar-refractivity contribution in [2.45, 2.75) is 58.0 Å². The third-order valence-corrected chi connectivity index (χ3v) is 4.14. The summed E-state index contributed by atoms with van der Waals surface area (Å²) in [5.74, 6) is 0.0949. The second-order valence-corrected chi connectivity index (χ2v) is 5.77. The maximum Gasteiger partial charge on any atom is 0.234 e. The largest absolute Gasteiger partial charge is 0.351 e. The summed E-state index contributed by atoms with van der Waals surface area (Å²) in [6.45, 7) is 3.14. The fourth-order valence-electron chi connectivity index (χ4n) is 2.79. The van der Waals surface area contributed by atoms with E-state index in [0.29, 0.717) is 19.1 Å². The summed E-state index contributed by atoms with van der Waals surface area (Å²) in [5.41, 5.74) is 2.42. The van der Waals surface area contributed by atoms with Gasteiger partial charge >= 0.3 is 0 Å². The van der Waals surface area contributed by atoms with Crippen LogP contribution in [0.5, 0.6) is 0 Å². The van der Waals surface area contributed by atoms with Gasteiger partial charge in [-0.3, -0.25) is 4.79 Å². The van der Waals surface area contributed by atoms with Crippen LogP contribution in [0.2, 0.25) is 0 Å². The first-order valence-corrected chi connectivity index (χ1v) is 7.80. The average molecular weight is 274 g/mol. The summed E-state index contributed by atoms with van der Waals surface area (Å²) < 4.78 is 0. The number of nitrogens with one attached hydrogen (secondary N) is 2. The van der Waals surface area contributed by atoms with E-state index in [4.69, 9.17) is 0 Å². The number of hydrogen-bond donors (Lipinski definition) is 2. The van der Waals surface area contributed by atoms with E-state index >= 15 is 0 Å². The maximum atomic E-state index is 11.9. The van der Waals surface area contributed by atoms with E-state index in [9.17, 15) is 4.79 Å². The van der Waals surface area contributed by atoms with Crippen molar-refractivity contribution in [3.63, 3.8) is 0 Å². The van der Waals surface area contributed by atoms with Crippen molar-refractivity contribution in [2.75, 3.05) is 6.54 Å². The molecule has 0 aromatic heterocycles. The number of hydrogen-bond acceptors (Lipinski definition) is 2. The molecule has 20 heavy (non-hydrogen) atoms. The molecule has 1 aliphatic rings. The molecule has 0 radical (unpaired) electrons. The number of rotatable bonds is 5. The van der Waals surface area contributed by atoms with Gasteiger partial charge in [-0.25, -0.2) is 0 Å². The van der Waals surface area contributed by atoms with E-state index in [0.717, 1.165) is 0 Å². The normalized spacial score (nSPS) is 16.6. The van der Waals surface area contributed by atoms with Crippen LogP contribution in [0.4, 0.5) is 0 Å². The number of aryl methyl sites for hydroxylation is 1. The summed E-state index contributed by atoms with van der Waals surface area (Å²) in [4.78, 5) is 11.9. The van der Waals surface area contributed by atoms with Gasteiger partial charge in [-0.05, 0) is 30.9 Å². The molecule has 0 spiro atoms. The van der Waals surface area contributed by atoms with Crippen LogP contribution < -0.4 is 10.6 Å². The molecule has 0 unspecified atom stereocenters. The van der Waals surface area contributed by atoms with Gasteiger partial charge in [0, 0.05) is 12.6 Å². The lowest BCUT2D eigenvalue weighted by molar-refractivity contribution is -0.120. The zero-order valence-corrected chi connectivity index (χ0v) is 12.5. The molecule has 0 bridgehead atoms. The van der Waals surface area contributed by atoms with Gasteiger partial charge in [0.25, 0.3) is 0 Å². The zero-order valence-electron chi connectivity index (χ0n) is 12.5. The Labute approximate surface area is 122 Å². The smallest absolute Gasteiger partial charge is 0.234 e. The minimum Gasteiger partial charge on any atom is -0.351 e. The van der Waals surface area contributed by atoms with E-state index in [1.165, 1.54) is 49.7 Å². The predicted octanol–water partition coefficient (Wildman–Crippen LogP) is 2.92. The van der Waals surface area contributed by atoms with Crippen molar-refractivity contribution in [2.24, 2.45) is 0 Å². The Morgan fingerprint density at radius 3 is 2.55 bits per heavy atom. The number of amides is 1. The van der Waals surface area contributed by atoms with Crippen LogP contribution >= 0.6 is 0 Å². The minimum atomic E-state index is 0.0949. The minimum absolute atomic E-state index is 0.0949. The Morgan fingerprint density at radius 1 is 1.15 bits per heavy atom. The molecule has 3 nitrogen and oxygen atoms in total. The second-order valence-electron chi connectivity index (χ2n) is 5.77. The summed E-state index contributed by atoms with van der Waals surface area (Å²) >= 11 is 0. The van der Waals surface area contributed by atoms with Crippen molar-refractivity contribution in [1.29, 1.82) is 0 Å². The standard InChI is InChI=1S/C17H26N2O/c1-14-8-6-7-9-15(14)12-19-17(20)13-18-16-10-4-2-3-5-11-16/h6-9,16,18H,2-5,10-13H2,1H3,(H,19,20). The first-order chi connectivity index (χ1) is 9.75. The Kier molecular flexibility index (Phi) is 6.06. The van der Waals surface area contributed by atoms with Crippen molar-refractivity contribution >= 4 is 5.91 Å². The lowest BCUT2D eigenvalue weighted by atomic mass is 10.1. The second kappa shape index (κ2) is 8.05. The molecule has 1 aromatic carbocycles. The number of carbonyl (C=O) groups excluding carboxylic acids is 1. The van der Waals surface area contributed by atoms with E-state index in [1.807, 2.05) is 12.1 Å². The van der Waals surface area contributed by atoms with E-state index in [1.54, 1.807) is 0 Å². The quantitative estimate of drug-likeness (QED) is 0.811. The number of benzene rings is 1.